The van der Waals surface area contributed by atoms with Gasteiger partial charge in [0.15, 0.2) is 128 Å². The summed E-state index contributed by atoms with van der Waals surface area (Å²) in [5.74, 6) is -51.1. The molecular formula is C68H50O44. The molecule has 0 bridgehead atoms. The van der Waals surface area contributed by atoms with Gasteiger partial charge in [-0.15, -0.1) is 0 Å². The van der Waals surface area contributed by atoms with Crippen LogP contribution in [0.1, 0.15) is 82.9 Å². The van der Waals surface area contributed by atoms with E-state index < -0.39 is 333 Å². The molecule has 44 nitrogen and oxygen atoms in total. The van der Waals surface area contributed by atoms with E-state index in [9.17, 15) is 156 Å². The van der Waals surface area contributed by atoms with Gasteiger partial charge >= 0.3 is 47.8 Å². The molecule has 4 aliphatic rings. The Kier molecular flexibility index (Phi) is 19.3. The molecule has 0 amide bonds. The van der Waals surface area contributed by atoms with E-state index in [0.29, 0.717) is 42.5 Å². The molecule has 44 heteroatoms. The van der Waals surface area contributed by atoms with Gasteiger partial charge in [-0.1, -0.05) is 0 Å². The first kappa shape index (κ1) is 76.2. The van der Waals surface area contributed by atoms with Crippen LogP contribution in [0.15, 0.2) is 66.7 Å². The molecule has 8 aromatic rings. The molecule has 2 saturated heterocycles. The van der Waals surface area contributed by atoms with Crippen molar-refractivity contribution in [3.63, 3.8) is 0 Å². The maximum absolute atomic E-state index is 15.4. The van der Waals surface area contributed by atoms with Crippen molar-refractivity contribution >= 4 is 47.8 Å². The maximum Gasteiger partial charge on any atom is 0.342 e. The lowest BCUT2D eigenvalue weighted by atomic mass is 9.91. The van der Waals surface area contributed by atoms with E-state index in [1.807, 2.05) is 0 Å². The molecule has 0 aliphatic carbocycles. The number of aliphatic hydroxyl groups is 2. The summed E-state index contributed by atoms with van der Waals surface area (Å²) in [6.07, 6.45) is -26.0. The molecule has 10 atom stereocenters. The number of rotatable bonds is 11. The summed E-state index contributed by atoms with van der Waals surface area (Å²) in [6.45, 7) is -2.92. The maximum atomic E-state index is 15.4. The second kappa shape index (κ2) is 28.4. The van der Waals surface area contributed by atoms with Crippen LogP contribution in [-0.2, 0) is 47.4 Å². The van der Waals surface area contributed by atoms with E-state index in [4.69, 9.17) is 52.1 Å². The van der Waals surface area contributed by atoms with Crippen molar-refractivity contribution < 1.29 is 218 Å². The Balaban J connectivity index is 0.987. The van der Waals surface area contributed by atoms with Crippen molar-refractivity contribution in [1.82, 2.24) is 0 Å². The van der Waals surface area contributed by atoms with Gasteiger partial charge in [0.2, 0.25) is 53.2 Å². The van der Waals surface area contributed by atoms with Gasteiger partial charge in [-0.2, -0.15) is 0 Å². The van der Waals surface area contributed by atoms with Gasteiger partial charge < -0.3 is 180 Å². The third-order valence-corrected chi connectivity index (χ3v) is 17.3. The van der Waals surface area contributed by atoms with Crippen LogP contribution in [0, 0.1) is 0 Å². The highest BCUT2D eigenvalue weighted by Crippen LogP contribution is 2.58. The zero-order chi connectivity index (χ0) is 81.7. The SMILES string of the molecule is O=C(OC[C@@H]1O[C@H](OC(=O)c2cc(O)c(O)c(O)c2)[C@H]2OC(=O)c3cc(O)c(O)c(O)c3-c3c(cc(O)c(O)c3O)C(=O)O[C@@H]2[C@H]1OC(=O)c1cc(O)c(O)c(O)c1Oc1cc2c(c(O)c1O)-c1c(cc(O)c(O)c1O)C(=O)O[C@@H]1[C@H](O)[C@@H](O)[C@H](OC(=O)c3cc(O)c(O)c(O)c3)O[C@H]1COC2=O)c1cc(O)c(O)c(O)c1. The van der Waals surface area contributed by atoms with Crippen molar-refractivity contribution in [1.29, 1.82) is 0 Å². The van der Waals surface area contributed by atoms with Gasteiger partial charge in [0.1, 0.15) is 43.2 Å². The fourth-order valence-electron chi connectivity index (χ4n) is 11.8. The third-order valence-electron chi connectivity index (χ3n) is 17.3. The zero-order valence-electron chi connectivity index (χ0n) is 55.0. The number of esters is 8. The van der Waals surface area contributed by atoms with Crippen LogP contribution >= 0.6 is 0 Å². The van der Waals surface area contributed by atoms with E-state index in [1.54, 1.807) is 0 Å². The smallest absolute Gasteiger partial charge is 0.342 e. The zero-order valence-corrected chi connectivity index (χ0v) is 55.0. The summed E-state index contributed by atoms with van der Waals surface area (Å²) in [7, 11) is 0. The monoisotopic (exact) mass is 1570 g/mol. The topological polar surface area (TPSA) is 744 Å². The van der Waals surface area contributed by atoms with Crippen LogP contribution in [0.4, 0.5) is 0 Å². The number of hydrogen-bond acceptors (Lipinski definition) is 44. The number of aromatic hydroxyl groups is 23. The first-order chi connectivity index (χ1) is 52.7. The number of hydrogen-bond donors (Lipinski definition) is 25. The molecule has 4 heterocycles. The quantitative estimate of drug-likeness (QED) is 0.0498. The molecule has 0 spiro atoms. The molecule has 2 fully saturated rings. The molecule has 25 N–H and O–H groups in total. The molecule has 8 aromatic carbocycles. The lowest BCUT2D eigenvalue weighted by Crippen LogP contribution is -2.63. The molecule has 586 valence electrons. The summed E-state index contributed by atoms with van der Waals surface area (Å²) in [5.41, 5.74) is -14.4. The minimum atomic E-state index is -2.93. The van der Waals surface area contributed by atoms with Crippen LogP contribution in [-0.4, -0.2) is 250 Å². The Bertz CT molecular complexity index is 5320. The molecule has 4 aliphatic heterocycles. The van der Waals surface area contributed by atoms with E-state index >= 15 is 9.59 Å². The molecule has 0 saturated carbocycles. The van der Waals surface area contributed by atoms with Gasteiger partial charge in [-0.05, 0) is 54.6 Å². The van der Waals surface area contributed by atoms with E-state index in [0.717, 1.165) is 0 Å². The van der Waals surface area contributed by atoms with Gasteiger partial charge in [0.25, 0.3) is 0 Å². The lowest BCUT2D eigenvalue weighted by Gasteiger charge is -2.44. The Morgan fingerprint density at radius 2 is 0.714 bits per heavy atom. The molecule has 0 aromatic heterocycles. The largest absolute Gasteiger partial charge is 0.504 e. The first-order valence-electron chi connectivity index (χ1n) is 31.1. The normalized spacial score (nSPS) is 20.6. The number of benzene rings is 8. The summed E-state index contributed by atoms with van der Waals surface area (Å²) >= 11 is 0. The fraction of sp³-hybridized carbons (Fsp3) is 0.176. The minimum absolute atomic E-state index is 0.138. The second-order valence-corrected chi connectivity index (χ2v) is 24.3. The summed E-state index contributed by atoms with van der Waals surface area (Å²) in [4.78, 5) is 116. The van der Waals surface area contributed by atoms with E-state index in [-0.39, 0.29) is 24.3 Å². The van der Waals surface area contributed by atoms with Crippen molar-refractivity contribution in [2.45, 2.75) is 61.4 Å². The second-order valence-electron chi connectivity index (χ2n) is 24.3. The van der Waals surface area contributed by atoms with Crippen molar-refractivity contribution in [3.8, 4) is 166 Å². The van der Waals surface area contributed by atoms with Gasteiger partial charge in [0.05, 0.1) is 38.9 Å². The average Bonchev–Trinajstić information content (AvgIpc) is 0.921. The minimum Gasteiger partial charge on any atom is -0.504 e. The molecular weight excluding hydrogens is 1520 g/mol. The summed E-state index contributed by atoms with van der Waals surface area (Å²) < 4.78 is 61.4. The van der Waals surface area contributed by atoms with Crippen molar-refractivity contribution in [2.75, 3.05) is 13.2 Å². The van der Waals surface area contributed by atoms with Crippen LogP contribution in [0.2, 0.25) is 0 Å². The predicted molar refractivity (Wildman–Crippen MR) is 345 cm³/mol. The number of phenolic OH excluding ortho intramolecular Hbond substituents is 23. The fourth-order valence-corrected chi connectivity index (χ4v) is 11.8. The molecule has 0 radical (unpaired) electrons. The number of ether oxygens (including phenoxy) is 11. The highest BCUT2D eigenvalue weighted by Gasteiger charge is 2.57. The van der Waals surface area contributed by atoms with Crippen LogP contribution in [0.5, 0.6) is 144 Å². The number of phenols is 23. The Labute approximate surface area is 616 Å². The van der Waals surface area contributed by atoms with Crippen molar-refractivity contribution in [3.05, 3.63) is 111 Å². The standard InChI is InChI=1S/C68H50O44/c69-22-1-14(2-23(70)39(22)79)59(94)102-13-34-56(57-58(68(106-34)112-61(96)16-5-26(73)41(81)27(74)6-16)110-65(100)19-9-30(77)43(83)48(88)36(19)35-18(64(99)109-57)8-29(76)42(82)47(35)87)108-66(101)21-10-31(78)45(85)51(91)54(21)104-32-11-20-38(50(90)46(32)86)37-17(7-28(75)44(84)49(37)89)63(98)107-55-33(12-103-62(20)97)105-67(53(93)52(55)92)111-60(95)15-3-24(71)40(80)25(72)4-15/h1-11,33-34,52-53,55-58,67-93H,12-13H2/t33-,34-,52+,53+,55-,56-,57+,58-,67-,68+/m0/s1. The average molecular weight is 1570 g/mol. The highest BCUT2D eigenvalue weighted by atomic mass is 16.8. The molecule has 112 heavy (non-hydrogen) atoms. The van der Waals surface area contributed by atoms with Gasteiger partial charge in [0, 0.05) is 34.4 Å². The number of aliphatic hydroxyl groups excluding tert-OH is 2. The molecule has 12 rings (SSSR count). The highest BCUT2D eigenvalue weighted by molar-refractivity contribution is 6.10. The van der Waals surface area contributed by atoms with Crippen LogP contribution in [0.25, 0.3) is 22.3 Å². The number of cyclic esters (lactones) is 1. The van der Waals surface area contributed by atoms with E-state index in [1.165, 1.54) is 0 Å². The summed E-state index contributed by atoms with van der Waals surface area (Å²) in [5, 5.41) is 271. The Hall–Kier alpha value is -15.4. The van der Waals surface area contributed by atoms with Gasteiger partial charge in [-0.25, -0.2) is 38.4 Å². The number of fused-ring (bicyclic) bond motifs is 8. The first-order valence-corrected chi connectivity index (χ1v) is 31.1. The number of carbonyl (C=O) groups excluding carboxylic acids is 8. The number of carbonyl (C=O) groups is 8. The van der Waals surface area contributed by atoms with Crippen LogP contribution in [0.3, 0.4) is 0 Å². The predicted octanol–water partition coefficient (Wildman–Crippen LogP) is 1.77. The van der Waals surface area contributed by atoms with Crippen LogP contribution < -0.4 is 4.74 Å². The third kappa shape index (κ3) is 13.2. The van der Waals surface area contributed by atoms with Gasteiger partial charge in [-0.3, -0.25) is 0 Å². The van der Waals surface area contributed by atoms with E-state index in [2.05, 4.69) is 0 Å². The van der Waals surface area contributed by atoms with Crippen molar-refractivity contribution in [2.24, 2.45) is 0 Å². The molecule has 0 unspecified atom stereocenters. The Morgan fingerprint density at radius 3 is 1.16 bits per heavy atom. The Morgan fingerprint density at radius 1 is 0.348 bits per heavy atom. The summed E-state index contributed by atoms with van der Waals surface area (Å²) in [6, 6.07) is 4.26. The lowest BCUT2D eigenvalue weighted by molar-refractivity contribution is -0.284.